The summed E-state index contributed by atoms with van der Waals surface area (Å²) >= 11 is 0. The summed E-state index contributed by atoms with van der Waals surface area (Å²) in [5, 5.41) is 3.81. The van der Waals surface area contributed by atoms with Crippen LogP contribution in [-0.4, -0.2) is 12.2 Å². The predicted octanol–water partition coefficient (Wildman–Crippen LogP) is 7.78. The van der Waals surface area contributed by atoms with Crippen LogP contribution < -0.4 is 5.09 Å². The van der Waals surface area contributed by atoms with Crippen molar-refractivity contribution in [2.45, 2.75) is 102 Å². The number of benzene rings is 1. The molecule has 0 radical (unpaired) electrons. The summed E-state index contributed by atoms with van der Waals surface area (Å²) in [6.07, 6.45) is 17.7. The van der Waals surface area contributed by atoms with Gasteiger partial charge in [0, 0.05) is 6.04 Å². The highest BCUT2D eigenvalue weighted by Gasteiger charge is 2.55. The zero-order valence-electron chi connectivity index (χ0n) is 19.8. The van der Waals surface area contributed by atoms with Gasteiger partial charge in [-0.05, 0) is 86.5 Å². The standard InChI is InChI=1S/C28H42NO2P/c1-19(20-9-3-2-4-10-20)29-32-30-25-17-15-21-11-5-7-13-23(21)27(25)28-24-14-8-6-12-22(24)16-18-26(28)31-32/h2-4,9-10,19,21-29H,5-8,11-18H2,1H3/t19-,21?,22?,23?,24?,25?,26?,27?,28?,32?/m1/s1. The largest absolute Gasteiger partial charge is 0.318 e. The molecule has 0 amide bonds. The van der Waals surface area contributed by atoms with Crippen molar-refractivity contribution in [2.24, 2.45) is 35.5 Å². The fourth-order valence-corrected chi connectivity index (χ4v) is 10.1. The Morgan fingerprint density at radius 3 is 1.81 bits per heavy atom. The minimum absolute atomic E-state index is 0.259. The third-order valence-corrected chi connectivity index (χ3v) is 11.5. The molecule has 5 fully saturated rings. The lowest BCUT2D eigenvalue weighted by molar-refractivity contribution is -0.0856. The molecule has 32 heavy (non-hydrogen) atoms. The SMILES string of the molecule is C[C@@H](NP1OC2CCC3CCCCC3C2C2C(CCC3CCCCC32)O1)c1ccccc1. The highest BCUT2D eigenvalue weighted by Crippen LogP contribution is 2.61. The van der Waals surface area contributed by atoms with Crippen LogP contribution in [0.4, 0.5) is 0 Å². The molecule has 1 saturated heterocycles. The summed E-state index contributed by atoms with van der Waals surface area (Å²) in [6, 6.07) is 11.1. The molecule has 1 aromatic rings. The van der Waals surface area contributed by atoms with Gasteiger partial charge in [0.2, 0.25) is 0 Å². The zero-order valence-corrected chi connectivity index (χ0v) is 20.7. The van der Waals surface area contributed by atoms with Gasteiger partial charge in [0.1, 0.15) is 0 Å². The Morgan fingerprint density at radius 2 is 1.25 bits per heavy atom. The Morgan fingerprint density at radius 1 is 0.719 bits per heavy atom. The molecule has 6 rings (SSSR count). The molecule has 5 aliphatic rings. The Bertz CT molecular complexity index is 719. The zero-order chi connectivity index (χ0) is 21.5. The first-order chi connectivity index (χ1) is 15.8. The van der Waals surface area contributed by atoms with Crippen molar-refractivity contribution in [3.05, 3.63) is 35.9 Å². The quantitative estimate of drug-likeness (QED) is 0.472. The summed E-state index contributed by atoms with van der Waals surface area (Å²) in [7, 11) is -1.05. The van der Waals surface area contributed by atoms with Crippen LogP contribution in [0.15, 0.2) is 30.3 Å². The van der Waals surface area contributed by atoms with Gasteiger partial charge >= 0.3 is 0 Å². The van der Waals surface area contributed by atoms with Crippen LogP contribution in [0.25, 0.3) is 0 Å². The van der Waals surface area contributed by atoms with Gasteiger partial charge in [0.05, 0.1) is 12.2 Å². The van der Waals surface area contributed by atoms with E-state index in [1.54, 1.807) is 0 Å². The minimum Gasteiger partial charge on any atom is -0.318 e. The van der Waals surface area contributed by atoms with Crippen LogP contribution in [0.1, 0.15) is 95.6 Å². The molecule has 0 bridgehead atoms. The van der Waals surface area contributed by atoms with Crippen molar-refractivity contribution < 1.29 is 9.05 Å². The van der Waals surface area contributed by atoms with E-state index in [2.05, 4.69) is 42.3 Å². The first-order valence-electron chi connectivity index (χ1n) is 13.7. The van der Waals surface area contributed by atoms with Gasteiger partial charge in [-0.3, -0.25) is 0 Å². The van der Waals surface area contributed by atoms with Crippen LogP contribution in [-0.2, 0) is 9.05 Å². The highest BCUT2D eigenvalue weighted by molar-refractivity contribution is 7.45. The molecule has 0 spiro atoms. The molecule has 4 heteroatoms. The fourth-order valence-electron chi connectivity index (χ4n) is 8.51. The molecule has 0 aromatic heterocycles. The summed E-state index contributed by atoms with van der Waals surface area (Å²) in [5.74, 6) is 5.18. The van der Waals surface area contributed by atoms with E-state index < -0.39 is 8.53 Å². The molecular weight excluding hydrogens is 413 g/mol. The second-order valence-corrected chi connectivity index (χ2v) is 12.7. The average Bonchev–Trinajstić information content (AvgIpc) is 3.01. The lowest BCUT2D eigenvalue weighted by atomic mass is 9.53. The number of fused-ring (bicyclic) bond motifs is 7. The lowest BCUT2D eigenvalue weighted by Crippen LogP contribution is -2.51. The molecule has 176 valence electrons. The van der Waals surface area contributed by atoms with Crippen molar-refractivity contribution in [3.8, 4) is 0 Å². The van der Waals surface area contributed by atoms with Crippen LogP contribution in [0, 0.1) is 35.5 Å². The number of nitrogens with one attached hydrogen (secondary N) is 1. The second-order valence-electron chi connectivity index (χ2n) is 11.5. The first kappa shape index (κ1) is 22.0. The van der Waals surface area contributed by atoms with E-state index >= 15 is 0 Å². The molecule has 3 nitrogen and oxygen atoms in total. The van der Waals surface area contributed by atoms with Gasteiger partial charge in [-0.15, -0.1) is 0 Å². The molecule has 1 aromatic carbocycles. The third kappa shape index (κ3) is 4.21. The molecule has 4 aliphatic carbocycles. The van der Waals surface area contributed by atoms with Crippen molar-refractivity contribution >= 4 is 8.53 Å². The minimum atomic E-state index is -1.05. The third-order valence-electron chi connectivity index (χ3n) is 9.93. The van der Waals surface area contributed by atoms with E-state index in [0.29, 0.717) is 12.2 Å². The number of hydrogen-bond donors (Lipinski definition) is 1. The van der Waals surface area contributed by atoms with Crippen LogP contribution in [0.2, 0.25) is 0 Å². The van der Waals surface area contributed by atoms with Crippen LogP contribution in [0.5, 0.6) is 0 Å². The Labute approximate surface area is 196 Å². The van der Waals surface area contributed by atoms with Gasteiger partial charge in [-0.2, -0.15) is 0 Å². The second kappa shape index (κ2) is 9.65. The van der Waals surface area contributed by atoms with Gasteiger partial charge in [0.15, 0.2) is 0 Å². The summed E-state index contributed by atoms with van der Waals surface area (Å²) in [4.78, 5) is 0. The number of rotatable bonds is 3. The van der Waals surface area contributed by atoms with E-state index in [4.69, 9.17) is 9.05 Å². The van der Waals surface area contributed by atoms with Crippen LogP contribution >= 0.6 is 8.53 Å². The number of hydrogen-bond acceptors (Lipinski definition) is 3. The fraction of sp³-hybridized carbons (Fsp3) is 0.786. The summed E-state index contributed by atoms with van der Waals surface area (Å²) in [6.45, 7) is 2.26. The van der Waals surface area contributed by atoms with Crippen molar-refractivity contribution in [2.75, 3.05) is 0 Å². The van der Waals surface area contributed by atoms with Crippen molar-refractivity contribution in [1.82, 2.24) is 5.09 Å². The maximum Gasteiger partial charge on any atom is 0.256 e. The molecule has 1 heterocycles. The Kier molecular flexibility index (Phi) is 6.64. The molecule has 8 unspecified atom stereocenters. The van der Waals surface area contributed by atoms with E-state index in [0.717, 1.165) is 35.5 Å². The van der Waals surface area contributed by atoms with Gasteiger partial charge in [0.25, 0.3) is 8.53 Å². The Hall–Kier alpha value is -0.470. The van der Waals surface area contributed by atoms with E-state index in [9.17, 15) is 0 Å². The van der Waals surface area contributed by atoms with E-state index in [1.807, 2.05) is 0 Å². The predicted molar refractivity (Wildman–Crippen MR) is 131 cm³/mol. The summed E-state index contributed by atoms with van der Waals surface area (Å²) < 4.78 is 13.9. The molecule has 1 aliphatic heterocycles. The van der Waals surface area contributed by atoms with Gasteiger partial charge < -0.3 is 9.05 Å². The van der Waals surface area contributed by atoms with E-state index in [1.165, 1.54) is 82.6 Å². The Balaban J connectivity index is 1.29. The lowest BCUT2D eigenvalue weighted by Gasteiger charge is -2.53. The topological polar surface area (TPSA) is 30.5 Å². The van der Waals surface area contributed by atoms with Gasteiger partial charge in [-0.1, -0.05) is 68.9 Å². The molecule has 1 N–H and O–H groups in total. The van der Waals surface area contributed by atoms with E-state index in [-0.39, 0.29) is 6.04 Å². The average molecular weight is 456 g/mol. The maximum atomic E-state index is 6.96. The smallest absolute Gasteiger partial charge is 0.256 e. The van der Waals surface area contributed by atoms with Crippen molar-refractivity contribution in [3.63, 3.8) is 0 Å². The highest BCUT2D eigenvalue weighted by atomic mass is 31.2. The maximum absolute atomic E-state index is 6.96. The van der Waals surface area contributed by atoms with Gasteiger partial charge in [-0.25, -0.2) is 5.09 Å². The molecule has 4 saturated carbocycles. The molecule has 9 atom stereocenters. The first-order valence-corrected chi connectivity index (χ1v) is 14.9. The molecular formula is C28H42NO2P. The van der Waals surface area contributed by atoms with Crippen LogP contribution in [0.3, 0.4) is 0 Å². The monoisotopic (exact) mass is 455 g/mol. The van der Waals surface area contributed by atoms with Crippen molar-refractivity contribution in [1.29, 1.82) is 0 Å². The summed E-state index contributed by atoms with van der Waals surface area (Å²) in [5.41, 5.74) is 1.33. The normalized spacial score (nSPS) is 44.8.